The molecule has 0 radical (unpaired) electrons. The van der Waals surface area contributed by atoms with Gasteiger partial charge in [-0.15, -0.1) is 0 Å². The van der Waals surface area contributed by atoms with E-state index in [-0.39, 0.29) is 17.5 Å². The Balaban J connectivity index is 1.73. The maximum Gasteiger partial charge on any atom is 0.302 e. The first-order valence-corrected chi connectivity index (χ1v) is 10.0. The van der Waals surface area contributed by atoms with Crippen molar-refractivity contribution in [2.75, 3.05) is 6.61 Å². The van der Waals surface area contributed by atoms with Gasteiger partial charge in [0.15, 0.2) is 5.79 Å². The fourth-order valence-electron chi connectivity index (χ4n) is 6.79. The average Bonchev–Trinajstić information content (AvgIpc) is 3.21. The lowest BCUT2D eigenvalue weighted by molar-refractivity contribution is -0.370. The van der Waals surface area contributed by atoms with Gasteiger partial charge in [-0.25, -0.2) is 0 Å². The quantitative estimate of drug-likeness (QED) is 0.571. The van der Waals surface area contributed by atoms with Crippen LogP contribution in [0.2, 0.25) is 0 Å². The average molecular weight is 372 g/mol. The molecule has 5 heteroatoms. The zero-order chi connectivity index (χ0) is 19.1. The summed E-state index contributed by atoms with van der Waals surface area (Å²) in [6.45, 7) is 8.78. The maximum absolute atomic E-state index is 12.0. The highest BCUT2D eigenvalue weighted by Crippen LogP contribution is 2.75. The molecule has 1 saturated carbocycles. The minimum absolute atomic E-state index is 0.0764. The number of esters is 1. The Labute approximate surface area is 160 Å². The van der Waals surface area contributed by atoms with Crippen molar-refractivity contribution in [1.29, 1.82) is 0 Å². The van der Waals surface area contributed by atoms with Crippen molar-refractivity contribution in [3.05, 3.63) is 35.8 Å². The fraction of sp³-hybridized carbons (Fsp3) is 0.682. The Hall–Kier alpha value is -1.59. The van der Waals surface area contributed by atoms with Crippen molar-refractivity contribution < 1.29 is 23.4 Å². The Bertz CT molecular complexity index is 813. The van der Waals surface area contributed by atoms with E-state index in [2.05, 4.69) is 26.8 Å². The molecular formula is C22H28O5. The third-order valence-electron chi connectivity index (χ3n) is 8.24. The van der Waals surface area contributed by atoms with Crippen molar-refractivity contribution in [3.63, 3.8) is 0 Å². The third-order valence-corrected chi connectivity index (χ3v) is 8.24. The lowest BCUT2D eigenvalue weighted by Crippen LogP contribution is -2.72. The number of allylic oxidation sites excluding steroid dienone is 1. The Kier molecular flexibility index (Phi) is 3.41. The summed E-state index contributed by atoms with van der Waals surface area (Å²) in [6.07, 6.45) is 9.00. The molecule has 6 atom stereocenters. The smallest absolute Gasteiger partial charge is 0.302 e. The topological polar surface area (TPSA) is 57.9 Å². The van der Waals surface area contributed by atoms with Gasteiger partial charge in [0, 0.05) is 24.3 Å². The van der Waals surface area contributed by atoms with E-state index in [0.29, 0.717) is 12.5 Å². The summed E-state index contributed by atoms with van der Waals surface area (Å²) >= 11 is 0. The van der Waals surface area contributed by atoms with E-state index in [4.69, 9.17) is 18.6 Å². The van der Waals surface area contributed by atoms with Crippen molar-refractivity contribution in [1.82, 2.24) is 0 Å². The molecule has 0 amide bonds. The van der Waals surface area contributed by atoms with Crippen LogP contribution >= 0.6 is 0 Å². The molecule has 0 unspecified atom stereocenters. The van der Waals surface area contributed by atoms with Crippen LogP contribution in [0.1, 0.15) is 58.9 Å². The predicted molar refractivity (Wildman–Crippen MR) is 97.6 cm³/mol. The molecule has 4 aliphatic rings. The number of hydrogen-bond donors (Lipinski definition) is 0. The molecule has 3 heterocycles. The van der Waals surface area contributed by atoms with Gasteiger partial charge < -0.3 is 18.6 Å². The largest absolute Gasteiger partial charge is 0.472 e. The summed E-state index contributed by atoms with van der Waals surface area (Å²) in [7, 11) is 0. The third kappa shape index (κ3) is 1.85. The van der Waals surface area contributed by atoms with E-state index in [1.165, 1.54) is 12.5 Å². The van der Waals surface area contributed by atoms with E-state index in [1.807, 2.05) is 6.07 Å². The summed E-state index contributed by atoms with van der Waals surface area (Å²) in [5.74, 6) is -0.665. The molecule has 1 spiro atoms. The standard InChI is InChI=1S/C22H28O5/c1-14-6-5-8-22-19(4)12-21(27-22,17-7-9-24-11-17)25-13-20(14,22)18(10-15(19)2)26-16(3)23/h6-7,9,11,15,18H,5,8,10,12-13H2,1-4H3/t15-,18-,19+,20+,21+,22+/m0/s1. The SMILES string of the molecule is CC(=O)O[C@H]1C[C@H](C)[C@@]2(C)C[C@@]3(c4ccoc4)OC[C@@]14C(C)=CCC[C@@]24O3. The molecule has 2 bridgehead atoms. The van der Waals surface area contributed by atoms with Gasteiger partial charge in [0.25, 0.3) is 0 Å². The summed E-state index contributed by atoms with van der Waals surface area (Å²) in [6, 6.07) is 1.95. The Morgan fingerprint density at radius 3 is 2.89 bits per heavy atom. The Morgan fingerprint density at radius 1 is 1.37 bits per heavy atom. The van der Waals surface area contributed by atoms with Crippen LogP contribution in [-0.2, 0) is 24.8 Å². The second-order valence-electron chi connectivity index (χ2n) is 9.21. The van der Waals surface area contributed by atoms with E-state index < -0.39 is 16.8 Å². The number of carbonyl (C=O) groups excluding carboxylic acids is 1. The second kappa shape index (κ2) is 5.26. The van der Waals surface area contributed by atoms with Gasteiger partial charge in [-0.3, -0.25) is 4.79 Å². The van der Waals surface area contributed by atoms with Crippen molar-refractivity contribution in [2.45, 2.75) is 70.9 Å². The lowest BCUT2D eigenvalue weighted by atomic mass is 9.44. The number of ether oxygens (including phenoxy) is 3. The van der Waals surface area contributed by atoms with Crippen LogP contribution in [0.3, 0.4) is 0 Å². The number of fused-ring (bicyclic) bond motifs is 1. The molecular weight excluding hydrogens is 344 g/mol. The highest BCUT2D eigenvalue weighted by molar-refractivity contribution is 5.66. The summed E-state index contributed by atoms with van der Waals surface area (Å²) in [5, 5.41) is 0. The van der Waals surface area contributed by atoms with Crippen LogP contribution in [0.4, 0.5) is 0 Å². The fourth-order valence-corrected chi connectivity index (χ4v) is 6.79. The zero-order valence-corrected chi connectivity index (χ0v) is 16.5. The second-order valence-corrected chi connectivity index (χ2v) is 9.21. The summed E-state index contributed by atoms with van der Waals surface area (Å²) < 4.78 is 24.9. The predicted octanol–water partition coefficient (Wildman–Crippen LogP) is 4.33. The van der Waals surface area contributed by atoms with Crippen LogP contribution < -0.4 is 0 Å². The minimum Gasteiger partial charge on any atom is -0.472 e. The van der Waals surface area contributed by atoms with Crippen molar-refractivity contribution in [3.8, 4) is 0 Å². The van der Waals surface area contributed by atoms with Crippen molar-refractivity contribution in [2.24, 2.45) is 16.7 Å². The number of hydrogen-bond acceptors (Lipinski definition) is 5. The molecule has 2 saturated heterocycles. The molecule has 1 aromatic heterocycles. The van der Waals surface area contributed by atoms with Gasteiger partial charge >= 0.3 is 5.97 Å². The Morgan fingerprint density at radius 2 is 2.19 bits per heavy atom. The summed E-state index contributed by atoms with van der Waals surface area (Å²) in [5.41, 5.74) is 1.27. The number of furan rings is 1. The van der Waals surface area contributed by atoms with E-state index in [0.717, 1.165) is 31.2 Å². The molecule has 3 fully saturated rings. The number of carbonyl (C=O) groups is 1. The first kappa shape index (κ1) is 17.5. The summed E-state index contributed by atoms with van der Waals surface area (Å²) in [4.78, 5) is 12.0. The molecule has 5 nitrogen and oxygen atoms in total. The van der Waals surface area contributed by atoms with Gasteiger partial charge in [0.1, 0.15) is 6.10 Å². The van der Waals surface area contributed by atoms with Gasteiger partial charge in [0.05, 0.1) is 30.1 Å². The molecule has 5 rings (SSSR count). The molecule has 0 aromatic carbocycles. The maximum atomic E-state index is 12.0. The van der Waals surface area contributed by atoms with Crippen molar-refractivity contribution >= 4 is 5.97 Å². The van der Waals surface area contributed by atoms with E-state index >= 15 is 0 Å². The van der Waals surface area contributed by atoms with E-state index in [9.17, 15) is 4.79 Å². The molecule has 2 aliphatic heterocycles. The van der Waals surface area contributed by atoms with Crippen LogP contribution in [-0.4, -0.2) is 24.3 Å². The lowest BCUT2D eigenvalue weighted by Gasteiger charge is -2.65. The molecule has 0 N–H and O–H groups in total. The monoisotopic (exact) mass is 372 g/mol. The molecule has 146 valence electrons. The van der Waals surface area contributed by atoms with E-state index in [1.54, 1.807) is 12.5 Å². The highest BCUT2D eigenvalue weighted by Gasteiger charge is 2.80. The normalized spacial score (nSPS) is 47.9. The first-order valence-electron chi connectivity index (χ1n) is 10.0. The molecule has 2 aliphatic carbocycles. The van der Waals surface area contributed by atoms with Crippen LogP contribution in [0.5, 0.6) is 0 Å². The first-order chi connectivity index (χ1) is 12.8. The minimum atomic E-state index is -0.776. The van der Waals surface area contributed by atoms with Crippen LogP contribution in [0.15, 0.2) is 34.7 Å². The van der Waals surface area contributed by atoms with Crippen LogP contribution in [0.25, 0.3) is 0 Å². The van der Waals surface area contributed by atoms with Gasteiger partial charge in [-0.2, -0.15) is 0 Å². The van der Waals surface area contributed by atoms with Gasteiger partial charge in [-0.05, 0) is 38.2 Å². The highest BCUT2D eigenvalue weighted by atomic mass is 16.7. The van der Waals surface area contributed by atoms with Gasteiger partial charge in [-0.1, -0.05) is 25.5 Å². The van der Waals surface area contributed by atoms with Gasteiger partial charge in [0.2, 0.25) is 0 Å². The molecule has 1 aromatic rings. The number of rotatable bonds is 2. The zero-order valence-electron chi connectivity index (χ0n) is 16.5. The van der Waals surface area contributed by atoms with Crippen LogP contribution in [0, 0.1) is 16.7 Å². The molecule has 27 heavy (non-hydrogen) atoms.